The van der Waals surface area contributed by atoms with Crippen LogP contribution in [0.2, 0.25) is 0 Å². The second-order valence-electron chi connectivity index (χ2n) is 2.39. The van der Waals surface area contributed by atoms with E-state index >= 15 is 0 Å². The number of alkyl halides is 1. The molecule has 54 valence electrons. The van der Waals surface area contributed by atoms with Gasteiger partial charge in [0.25, 0.3) is 0 Å². The molecule has 1 aromatic heterocycles. The Morgan fingerprint density at radius 2 is 2.18 bits per heavy atom. The molecule has 0 bridgehead atoms. The second kappa shape index (κ2) is 2.97. The van der Waals surface area contributed by atoms with Crippen molar-refractivity contribution in [2.45, 2.75) is 4.43 Å². The third-order valence-electron chi connectivity index (χ3n) is 1.71. The molecule has 0 fully saturated rings. The van der Waals surface area contributed by atoms with Gasteiger partial charge in [0.05, 0.1) is 0 Å². The molecule has 0 saturated heterocycles. The molecule has 0 saturated carbocycles. The first kappa shape index (κ1) is 7.34. The third-order valence-corrected chi connectivity index (χ3v) is 2.53. The Hall–Kier alpha value is -0.315. The maximum absolute atomic E-state index is 5.34. The molecule has 0 aliphatic carbocycles. The van der Waals surface area contributed by atoms with Crippen molar-refractivity contribution in [3.63, 3.8) is 0 Å². The van der Waals surface area contributed by atoms with Gasteiger partial charge in [0.2, 0.25) is 0 Å². The van der Waals surface area contributed by atoms with E-state index in [2.05, 4.69) is 28.7 Å². The van der Waals surface area contributed by atoms with Crippen molar-refractivity contribution in [3.05, 3.63) is 29.7 Å². The van der Waals surface area contributed by atoms with E-state index < -0.39 is 0 Å². The van der Waals surface area contributed by atoms with Gasteiger partial charge in [0.15, 0.2) is 0 Å². The van der Waals surface area contributed by atoms with E-state index in [1.165, 1.54) is 10.8 Å². The second-order valence-corrected chi connectivity index (χ2v) is 3.15. The van der Waals surface area contributed by atoms with Crippen LogP contribution in [0.4, 0.5) is 0 Å². The van der Waals surface area contributed by atoms with Gasteiger partial charge in [-0.05, 0) is 0 Å². The van der Waals surface area contributed by atoms with E-state index in [9.17, 15) is 0 Å². The molecule has 0 radical (unpaired) electrons. The van der Waals surface area contributed by atoms with Crippen molar-refractivity contribution >= 4 is 40.7 Å². The predicted molar refractivity (Wildman–Crippen MR) is 55.3 cm³/mol. The van der Waals surface area contributed by atoms with Crippen LogP contribution in [-0.2, 0) is 4.43 Å². The van der Waals surface area contributed by atoms with Gasteiger partial charge < -0.3 is 0 Å². The molecule has 3 heteroatoms. The summed E-state index contributed by atoms with van der Waals surface area (Å²) in [5, 5.41) is 1.24. The van der Waals surface area contributed by atoms with E-state index in [-0.39, 0.29) is 0 Å². The van der Waals surface area contributed by atoms with Crippen LogP contribution in [0.15, 0.2) is 28.6 Å². The number of hydrogen-bond acceptors (Lipinski definition) is 1. The van der Waals surface area contributed by atoms with Crippen LogP contribution in [0, 0.1) is 0 Å². The van der Waals surface area contributed by atoms with Crippen LogP contribution in [0.1, 0.15) is 5.46 Å². The number of para-hydroxylation sites is 1. The summed E-state index contributed by atoms with van der Waals surface area (Å²) in [6.07, 6.45) is 0. The maximum atomic E-state index is 5.34. The van der Waals surface area contributed by atoms with Gasteiger partial charge in [-0.25, -0.2) is 0 Å². The van der Waals surface area contributed by atoms with Crippen molar-refractivity contribution in [1.82, 2.24) is 0 Å². The number of hydrogen-bond donors (Lipinski definition) is 0. The molecule has 0 spiro atoms. The molecule has 2 aromatic rings. The van der Waals surface area contributed by atoms with Gasteiger partial charge in [0, 0.05) is 0 Å². The van der Waals surface area contributed by atoms with E-state index in [1.54, 1.807) is 0 Å². The first-order valence-electron chi connectivity index (χ1n) is 3.43. The Balaban J connectivity index is 2.76. The molecule has 0 N–H and O–H groups in total. The molecular weight excluding hydrogens is 250 g/mol. The van der Waals surface area contributed by atoms with E-state index in [1.807, 2.05) is 25.3 Å². The fourth-order valence-electron chi connectivity index (χ4n) is 1.14. The minimum absolute atomic E-state index is 0.985. The zero-order valence-electron chi connectivity index (χ0n) is 5.88. The number of benzene rings is 1. The van der Waals surface area contributed by atoms with Gasteiger partial charge in [-0.2, -0.15) is 0 Å². The molecule has 1 aromatic carbocycles. The van der Waals surface area contributed by atoms with Crippen molar-refractivity contribution in [2.24, 2.45) is 0 Å². The SMILES string of the molecule is ICc1boc2ccccc12. The van der Waals surface area contributed by atoms with Crippen molar-refractivity contribution in [1.29, 1.82) is 0 Å². The molecule has 0 aliphatic heterocycles. The summed E-state index contributed by atoms with van der Waals surface area (Å²) in [4.78, 5) is 0. The Kier molecular flexibility index (Phi) is 1.98. The summed E-state index contributed by atoms with van der Waals surface area (Å²) in [6, 6.07) is 8.11. The molecule has 2 rings (SSSR count). The van der Waals surface area contributed by atoms with E-state index in [4.69, 9.17) is 4.33 Å². The first-order valence-corrected chi connectivity index (χ1v) is 4.95. The third kappa shape index (κ3) is 1.22. The Morgan fingerprint density at radius 1 is 1.36 bits per heavy atom. The Bertz CT molecular complexity index is 369. The van der Waals surface area contributed by atoms with Crippen LogP contribution in [0.3, 0.4) is 0 Å². The molecule has 11 heavy (non-hydrogen) atoms. The summed E-state index contributed by atoms with van der Waals surface area (Å²) in [7, 11) is 1.83. The fraction of sp³-hybridized carbons (Fsp3) is 0.125. The molecule has 1 heterocycles. The average molecular weight is 256 g/mol. The number of halogens is 1. The summed E-state index contributed by atoms with van der Waals surface area (Å²) in [6.45, 7) is 0. The van der Waals surface area contributed by atoms with E-state index in [0.29, 0.717) is 0 Å². The number of rotatable bonds is 1. The van der Waals surface area contributed by atoms with E-state index in [0.717, 1.165) is 10.0 Å². The van der Waals surface area contributed by atoms with Crippen molar-refractivity contribution < 1.29 is 4.33 Å². The van der Waals surface area contributed by atoms with Crippen molar-refractivity contribution in [3.8, 4) is 0 Å². The number of fused-ring (bicyclic) bond motifs is 1. The normalized spacial score (nSPS) is 10.3. The topological polar surface area (TPSA) is 13.1 Å². The van der Waals surface area contributed by atoms with Gasteiger partial charge in [-0.15, -0.1) is 0 Å². The minimum atomic E-state index is 0.985. The standard InChI is InChI=1S/C8H6BIO/c10-5-7-6-3-1-2-4-8(6)11-9-7/h1-4H,5H2. The van der Waals surface area contributed by atoms with Gasteiger partial charge >= 0.3 is 79.2 Å². The quantitative estimate of drug-likeness (QED) is 0.564. The summed E-state index contributed by atoms with van der Waals surface area (Å²) in [5.74, 6) is 0. The molecule has 0 unspecified atom stereocenters. The summed E-state index contributed by atoms with van der Waals surface area (Å²) in [5.41, 5.74) is 2.26. The summed E-state index contributed by atoms with van der Waals surface area (Å²) >= 11 is 2.34. The first-order chi connectivity index (χ1) is 5.42. The van der Waals surface area contributed by atoms with Gasteiger partial charge in [-0.3, -0.25) is 0 Å². The average Bonchev–Trinajstić information content (AvgIpc) is 2.47. The van der Waals surface area contributed by atoms with Gasteiger partial charge in [-0.1, -0.05) is 0 Å². The van der Waals surface area contributed by atoms with Crippen LogP contribution in [-0.4, -0.2) is 7.13 Å². The molecule has 0 aliphatic rings. The zero-order chi connectivity index (χ0) is 7.68. The Labute approximate surface area is 79.2 Å². The monoisotopic (exact) mass is 256 g/mol. The van der Waals surface area contributed by atoms with Crippen LogP contribution in [0.25, 0.3) is 11.0 Å². The predicted octanol–water partition coefficient (Wildman–Crippen LogP) is 2.71. The molecule has 0 atom stereocenters. The van der Waals surface area contributed by atoms with Crippen LogP contribution >= 0.6 is 22.6 Å². The molecule has 1 nitrogen and oxygen atoms in total. The summed E-state index contributed by atoms with van der Waals surface area (Å²) < 4.78 is 6.34. The van der Waals surface area contributed by atoms with Crippen LogP contribution < -0.4 is 0 Å². The molecular formula is C8H6BIO. The van der Waals surface area contributed by atoms with Crippen LogP contribution in [0.5, 0.6) is 0 Å². The zero-order valence-corrected chi connectivity index (χ0v) is 8.04. The molecule has 0 amide bonds. The fourth-order valence-corrected chi connectivity index (χ4v) is 1.73. The van der Waals surface area contributed by atoms with Crippen molar-refractivity contribution in [2.75, 3.05) is 0 Å². The van der Waals surface area contributed by atoms with Gasteiger partial charge in [0.1, 0.15) is 0 Å². The Morgan fingerprint density at radius 3 is 3.00 bits per heavy atom.